The van der Waals surface area contributed by atoms with Crippen molar-refractivity contribution in [1.29, 1.82) is 0 Å². The van der Waals surface area contributed by atoms with Crippen molar-refractivity contribution in [3.63, 3.8) is 0 Å². The molecule has 0 spiro atoms. The van der Waals surface area contributed by atoms with Crippen LogP contribution in [-0.2, 0) is 10.2 Å². The van der Waals surface area contributed by atoms with E-state index < -0.39 is 6.04 Å². The topological polar surface area (TPSA) is 68.0 Å². The van der Waals surface area contributed by atoms with Crippen LogP contribution in [-0.4, -0.2) is 28.9 Å². The summed E-state index contributed by atoms with van der Waals surface area (Å²) in [6.45, 7) is 6.29. The highest BCUT2D eigenvalue weighted by Gasteiger charge is 2.19. The molecular formula is C12H21N3OS2. The normalized spacial score (nSPS) is 13.4. The second kappa shape index (κ2) is 6.54. The number of carbonyl (C=O) groups excluding carboxylic acids is 1. The molecule has 0 aliphatic heterocycles. The molecule has 0 saturated carbocycles. The standard InChI is InChI=1S/C12H21N3OS2/c1-12(2,3)9-7-18-11(14-9)15-10(16)8(13)5-6-17-4/h7-8H,5-6,13H2,1-4H3,(H,14,15,16)/t8-/m0/s1. The van der Waals surface area contributed by atoms with Crippen LogP contribution in [0.1, 0.15) is 32.9 Å². The highest BCUT2D eigenvalue weighted by molar-refractivity contribution is 7.98. The molecule has 0 aliphatic carbocycles. The van der Waals surface area contributed by atoms with Gasteiger partial charge >= 0.3 is 0 Å². The summed E-state index contributed by atoms with van der Waals surface area (Å²) >= 11 is 3.13. The van der Waals surface area contributed by atoms with E-state index in [1.807, 2.05) is 11.6 Å². The first kappa shape index (κ1) is 15.5. The Morgan fingerprint density at radius 1 is 1.61 bits per heavy atom. The fourth-order valence-electron chi connectivity index (χ4n) is 1.25. The van der Waals surface area contributed by atoms with Crippen molar-refractivity contribution in [1.82, 2.24) is 4.98 Å². The lowest BCUT2D eigenvalue weighted by Crippen LogP contribution is -2.36. The molecule has 0 fully saturated rings. The molecule has 0 radical (unpaired) electrons. The van der Waals surface area contributed by atoms with Gasteiger partial charge < -0.3 is 11.1 Å². The van der Waals surface area contributed by atoms with Crippen molar-refractivity contribution >= 4 is 34.1 Å². The van der Waals surface area contributed by atoms with Gasteiger partial charge in [-0.15, -0.1) is 11.3 Å². The summed E-state index contributed by atoms with van der Waals surface area (Å²) < 4.78 is 0. The number of amides is 1. The van der Waals surface area contributed by atoms with Crippen molar-refractivity contribution < 1.29 is 4.79 Å². The fourth-order valence-corrected chi connectivity index (χ4v) is 2.68. The zero-order valence-electron chi connectivity index (χ0n) is 11.3. The molecule has 4 nitrogen and oxygen atoms in total. The van der Waals surface area contributed by atoms with Crippen LogP contribution in [0.4, 0.5) is 5.13 Å². The van der Waals surface area contributed by atoms with Gasteiger partial charge in [-0.05, 0) is 18.4 Å². The molecule has 1 aromatic heterocycles. The number of thiazole rings is 1. The van der Waals surface area contributed by atoms with E-state index in [0.717, 1.165) is 11.4 Å². The van der Waals surface area contributed by atoms with Gasteiger partial charge in [0, 0.05) is 10.8 Å². The van der Waals surface area contributed by atoms with Crippen molar-refractivity contribution in [3.05, 3.63) is 11.1 Å². The Hall–Kier alpha value is -0.590. The van der Waals surface area contributed by atoms with Crippen LogP contribution in [0.5, 0.6) is 0 Å². The van der Waals surface area contributed by atoms with Gasteiger partial charge in [0.25, 0.3) is 0 Å². The van der Waals surface area contributed by atoms with Crippen LogP contribution in [0, 0.1) is 0 Å². The molecule has 18 heavy (non-hydrogen) atoms. The highest BCUT2D eigenvalue weighted by Crippen LogP contribution is 2.26. The molecule has 0 aliphatic rings. The van der Waals surface area contributed by atoms with Gasteiger partial charge in [-0.2, -0.15) is 11.8 Å². The first-order valence-electron chi connectivity index (χ1n) is 5.86. The number of hydrogen-bond acceptors (Lipinski definition) is 5. The summed E-state index contributed by atoms with van der Waals surface area (Å²) in [5.41, 5.74) is 6.78. The number of hydrogen-bond donors (Lipinski definition) is 2. The number of carbonyl (C=O) groups is 1. The van der Waals surface area contributed by atoms with Gasteiger partial charge in [0.05, 0.1) is 11.7 Å². The van der Waals surface area contributed by atoms with Gasteiger partial charge in [-0.1, -0.05) is 20.8 Å². The molecule has 0 saturated heterocycles. The van der Waals surface area contributed by atoms with Crippen molar-refractivity contribution in [2.24, 2.45) is 5.73 Å². The maximum absolute atomic E-state index is 11.8. The predicted molar refractivity (Wildman–Crippen MR) is 80.4 cm³/mol. The Bertz CT molecular complexity index is 398. The lowest BCUT2D eigenvalue weighted by Gasteiger charge is -2.14. The summed E-state index contributed by atoms with van der Waals surface area (Å²) in [5, 5.41) is 5.38. The Kier molecular flexibility index (Phi) is 5.62. The summed E-state index contributed by atoms with van der Waals surface area (Å²) in [6.07, 6.45) is 2.69. The van der Waals surface area contributed by atoms with E-state index in [0.29, 0.717) is 11.6 Å². The van der Waals surface area contributed by atoms with E-state index in [4.69, 9.17) is 5.73 Å². The van der Waals surface area contributed by atoms with E-state index in [9.17, 15) is 4.79 Å². The predicted octanol–water partition coefficient (Wildman–Crippen LogP) is 2.46. The van der Waals surface area contributed by atoms with Crippen LogP contribution in [0.25, 0.3) is 0 Å². The zero-order chi connectivity index (χ0) is 13.8. The summed E-state index contributed by atoms with van der Waals surface area (Å²) in [4.78, 5) is 16.2. The van der Waals surface area contributed by atoms with Crippen LogP contribution in [0.3, 0.4) is 0 Å². The van der Waals surface area contributed by atoms with Gasteiger partial charge in [-0.25, -0.2) is 4.98 Å². The molecule has 3 N–H and O–H groups in total. The van der Waals surface area contributed by atoms with Crippen LogP contribution in [0.15, 0.2) is 5.38 Å². The first-order valence-corrected chi connectivity index (χ1v) is 8.13. The van der Waals surface area contributed by atoms with E-state index in [-0.39, 0.29) is 11.3 Å². The highest BCUT2D eigenvalue weighted by atomic mass is 32.2. The van der Waals surface area contributed by atoms with Crippen LogP contribution in [0.2, 0.25) is 0 Å². The molecule has 6 heteroatoms. The minimum Gasteiger partial charge on any atom is -0.320 e. The third-order valence-electron chi connectivity index (χ3n) is 2.47. The van der Waals surface area contributed by atoms with Crippen molar-refractivity contribution in [3.8, 4) is 0 Å². The maximum Gasteiger partial charge on any atom is 0.243 e. The lowest BCUT2D eigenvalue weighted by molar-refractivity contribution is -0.117. The van der Waals surface area contributed by atoms with Crippen molar-refractivity contribution in [2.45, 2.75) is 38.6 Å². The Morgan fingerprint density at radius 2 is 2.28 bits per heavy atom. The SMILES string of the molecule is CSCC[C@H](N)C(=O)Nc1nc(C(C)(C)C)cs1. The monoisotopic (exact) mass is 287 g/mol. The quantitative estimate of drug-likeness (QED) is 0.873. The number of aromatic nitrogens is 1. The third kappa shape index (κ3) is 4.59. The number of nitrogens with one attached hydrogen (secondary N) is 1. The Balaban J connectivity index is 2.57. The van der Waals surface area contributed by atoms with E-state index in [1.54, 1.807) is 11.8 Å². The molecule has 102 valence electrons. The lowest BCUT2D eigenvalue weighted by atomic mass is 9.93. The second-order valence-electron chi connectivity index (χ2n) is 5.17. The molecule has 1 aromatic rings. The molecule has 1 rings (SSSR count). The van der Waals surface area contributed by atoms with Gasteiger partial charge in [0.15, 0.2) is 5.13 Å². The van der Waals surface area contributed by atoms with Gasteiger partial charge in [-0.3, -0.25) is 4.79 Å². The fraction of sp³-hybridized carbons (Fsp3) is 0.667. The average molecular weight is 287 g/mol. The second-order valence-corrected chi connectivity index (χ2v) is 7.01. The molecule has 1 amide bonds. The zero-order valence-corrected chi connectivity index (χ0v) is 13.0. The minimum absolute atomic E-state index is 0.000441. The van der Waals surface area contributed by atoms with Crippen molar-refractivity contribution in [2.75, 3.05) is 17.3 Å². The third-order valence-corrected chi connectivity index (χ3v) is 3.87. The Labute approximate surface area is 117 Å². The van der Waals surface area contributed by atoms with Gasteiger partial charge in [0.1, 0.15) is 0 Å². The number of nitrogens with two attached hydrogens (primary N) is 1. The molecule has 1 heterocycles. The largest absolute Gasteiger partial charge is 0.320 e. The van der Waals surface area contributed by atoms with Gasteiger partial charge in [0.2, 0.25) is 5.91 Å². The Morgan fingerprint density at radius 3 is 2.78 bits per heavy atom. The van der Waals surface area contributed by atoms with Crippen LogP contribution < -0.4 is 11.1 Å². The van der Waals surface area contributed by atoms with E-state index in [2.05, 4.69) is 31.1 Å². The number of nitrogens with zero attached hydrogens (tertiary/aromatic N) is 1. The summed E-state index contributed by atoms with van der Waals surface area (Å²) in [6, 6.07) is -0.459. The van der Waals surface area contributed by atoms with Crippen LogP contribution >= 0.6 is 23.1 Å². The summed E-state index contributed by atoms with van der Waals surface area (Å²) in [7, 11) is 0. The number of thioether (sulfide) groups is 1. The van der Waals surface area contributed by atoms with E-state index in [1.165, 1.54) is 11.3 Å². The molecule has 0 unspecified atom stereocenters. The summed E-state index contributed by atoms with van der Waals surface area (Å²) in [5.74, 6) is 0.735. The molecule has 1 atom stereocenters. The number of anilines is 1. The minimum atomic E-state index is -0.459. The molecule has 0 bridgehead atoms. The maximum atomic E-state index is 11.8. The molecule has 0 aromatic carbocycles. The molecular weight excluding hydrogens is 266 g/mol. The number of rotatable bonds is 5. The smallest absolute Gasteiger partial charge is 0.243 e. The first-order chi connectivity index (χ1) is 8.34. The van der Waals surface area contributed by atoms with E-state index >= 15 is 0 Å². The average Bonchev–Trinajstić information content (AvgIpc) is 2.73.